The Morgan fingerprint density at radius 1 is 1.37 bits per heavy atom. The monoisotopic (exact) mass is 280 g/mol. The largest absolute Gasteiger partial charge is 0.454 e. The number of thioether (sulfide) groups is 1. The highest BCUT2D eigenvalue weighted by Crippen LogP contribution is 2.33. The van der Waals surface area contributed by atoms with Gasteiger partial charge in [0.25, 0.3) is 0 Å². The van der Waals surface area contributed by atoms with Crippen molar-refractivity contribution in [2.45, 2.75) is 24.7 Å². The van der Waals surface area contributed by atoms with Gasteiger partial charge in [0.15, 0.2) is 17.3 Å². The molecule has 0 bridgehead atoms. The second-order valence-electron chi connectivity index (χ2n) is 4.71. The van der Waals surface area contributed by atoms with E-state index in [2.05, 4.69) is 6.92 Å². The van der Waals surface area contributed by atoms with Gasteiger partial charge in [0.05, 0.1) is 11.9 Å². The summed E-state index contributed by atoms with van der Waals surface area (Å²) in [6.45, 7) is 3.10. The molecule has 2 unspecified atom stereocenters. The lowest BCUT2D eigenvalue weighted by molar-refractivity contribution is 0.102. The first kappa shape index (κ1) is 12.8. The van der Waals surface area contributed by atoms with Gasteiger partial charge >= 0.3 is 0 Å². The molecule has 0 saturated carbocycles. The minimum Gasteiger partial charge on any atom is -0.454 e. The van der Waals surface area contributed by atoms with Crippen molar-refractivity contribution < 1.29 is 19.0 Å². The standard InChI is InChI=1S/C14H16O4S/c1-9-14(4-5-16-9)19-7-11(15)10-2-3-12-13(6-10)18-8-17-12/h2-3,6,9,14H,4-5,7-8H2,1H3. The summed E-state index contributed by atoms with van der Waals surface area (Å²) < 4.78 is 16.0. The van der Waals surface area contributed by atoms with Crippen LogP contribution in [0.15, 0.2) is 18.2 Å². The predicted octanol–water partition coefficient (Wildman–Crippen LogP) is 2.51. The highest BCUT2D eigenvalue weighted by Gasteiger charge is 2.25. The second kappa shape index (κ2) is 5.43. The Hall–Kier alpha value is -1.20. The van der Waals surface area contributed by atoms with Crippen LogP contribution >= 0.6 is 11.8 Å². The highest BCUT2D eigenvalue weighted by molar-refractivity contribution is 8.00. The normalized spacial score (nSPS) is 24.7. The van der Waals surface area contributed by atoms with E-state index in [-0.39, 0.29) is 18.7 Å². The molecule has 102 valence electrons. The van der Waals surface area contributed by atoms with Gasteiger partial charge in [-0.3, -0.25) is 4.79 Å². The number of benzene rings is 1. The third kappa shape index (κ3) is 2.72. The number of carbonyl (C=O) groups is 1. The van der Waals surface area contributed by atoms with Gasteiger partial charge in [0.2, 0.25) is 6.79 Å². The van der Waals surface area contributed by atoms with Crippen molar-refractivity contribution in [1.82, 2.24) is 0 Å². The third-order valence-corrected chi connectivity index (χ3v) is 4.91. The Kier molecular flexibility index (Phi) is 3.66. The molecule has 3 rings (SSSR count). The van der Waals surface area contributed by atoms with Crippen molar-refractivity contribution in [3.63, 3.8) is 0 Å². The van der Waals surface area contributed by atoms with Crippen LogP contribution in [0.4, 0.5) is 0 Å². The predicted molar refractivity (Wildman–Crippen MR) is 73.2 cm³/mol. The average molecular weight is 280 g/mol. The summed E-state index contributed by atoms with van der Waals surface area (Å²) >= 11 is 1.68. The molecule has 4 nitrogen and oxygen atoms in total. The summed E-state index contributed by atoms with van der Waals surface area (Å²) in [7, 11) is 0. The SMILES string of the molecule is CC1OCCC1SCC(=O)c1ccc2c(c1)OCO2. The molecule has 2 heterocycles. The molecule has 0 aromatic heterocycles. The van der Waals surface area contributed by atoms with Crippen molar-refractivity contribution in [3.8, 4) is 11.5 Å². The number of ether oxygens (including phenoxy) is 3. The lowest BCUT2D eigenvalue weighted by atomic mass is 10.1. The van der Waals surface area contributed by atoms with Crippen LogP contribution < -0.4 is 9.47 Å². The van der Waals surface area contributed by atoms with Gasteiger partial charge in [-0.25, -0.2) is 0 Å². The third-order valence-electron chi connectivity index (χ3n) is 3.43. The fourth-order valence-electron chi connectivity index (χ4n) is 2.27. The Morgan fingerprint density at radius 2 is 2.21 bits per heavy atom. The molecule has 0 amide bonds. The number of carbonyl (C=O) groups excluding carboxylic acids is 1. The number of rotatable bonds is 4. The molecule has 2 aliphatic rings. The lowest BCUT2D eigenvalue weighted by Crippen LogP contribution is -2.16. The van der Waals surface area contributed by atoms with Gasteiger partial charge in [0.1, 0.15) is 0 Å². The fraction of sp³-hybridized carbons (Fsp3) is 0.500. The summed E-state index contributed by atoms with van der Waals surface area (Å²) in [5, 5.41) is 0.429. The van der Waals surface area contributed by atoms with E-state index in [0.717, 1.165) is 13.0 Å². The average Bonchev–Trinajstić information content (AvgIpc) is 3.03. The van der Waals surface area contributed by atoms with Crippen molar-refractivity contribution in [2.75, 3.05) is 19.2 Å². The van der Waals surface area contributed by atoms with Gasteiger partial charge in [-0.15, -0.1) is 11.8 Å². The van der Waals surface area contributed by atoms with Crippen molar-refractivity contribution in [1.29, 1.82) is 0 Å². The number of fused-ring (bicyclic) bond motifs is 1. The summed E-state index contributed by atoms with van der Waals surface area (Å²) in [5.41, 5.74) is 0.684. The number of hydrogen-bond donors (Lipinski definition) is 0. The van der Waals surface area contributed by atoms with E-state index in [4.69, 9.17) is 14.2 Å². The summed E-state index contributed by atoms with van der Waals surface area (Å²) in [5.74, 6) is 1.98. The molecule has 0 aliphatic carbocycles. The zero-order valence-electron chi connectivity index (χ0n) is 10.8. The molecule has 1 aromatic carbocycles. The van der Waals surface area contributed by atoms with Gasteiger partial charge < -0.3 is 14.2 Å². The molecule has 0 spiro atoms. The maximum Gasteiger partial charge on any atom is 0.231 e. The summed E-state index contributed by atoms with van der Waals surface area (Å²) in [6, 6.07) is 5.35. The molecular weight excluding hydrogens is 264 g/mol. The molecule has 5 heteroatoms. The molecule has 1 saturated heterocycles. The number of ketones is 1. The molecule has 0 N–H and O–H groups in total. The molecule has 1 aromatic rings. The minimum absolute atomic E-state index is 0.127. The van der Waals surface area contributed by atoms with Gasteiger partial charge in [0, 0.05) is 17.4 Å². The Bertz CT molecular complexity index is 488. The number of hydrogen-bond acceptors (Lipinski definition) is 5. The van der Waals surface area contributed by atoms with E-state index < -0.39 is 0 Å². The Balaban J connectivity index is 1.61. The lowest BCUT2D eigenvalue weighted by Gasteiger charge is -2.12. The van der Waals surface area contributed by atoms with Gasteiger partial charge in [-0.1, -0.05) is 0 Å². The van der Waals surface area contributed by atoms with E-state index >= 15 is 0 Å². The number of Topliss-reactive ketones (excluding diaryl/α,β-unsaturated/α-hetero) is 1. The van der Waals surface area contributed by atoms with E-state index in [0.29, 0.717) is 28.1 Å². The molecule has 2 aliphatic heterocycles. The Morgan fingerprint density at radius 3 is 3.00 bits per heavy atom. The molecule has 2 atom stereocenters. The first-order valence-electron chi connectivity index (χ1n) is 6.40. The molecule has 19 heavy (non-hydrogen) atoms. The van der Waals surface area contributed by atoms with Crippen molar-refractivity contribution in [3.05, 3.63) is 23.8 Å². The van der Waals surface area contributed by atoms with Crippen LogP contribution in [-0.4, -0.2) is 36.3 Å². The van der Waals surface area contributed by atoms with Crippen molar-refractivity contribution in [2.24, 2.45) is 0 Å². The van der Waals surface area contributed by atoms with Crippen LogP contribution in [-0.2, 0) is 4.74 Å². The van der Waals surface area contributed by atoms with E-state index in [1.54, 1.807) is 30.0 Å². The smallest absolute Gasteiger partial charge is 0.231 e. The van der Waals surface area contributed by atoms with E-state index in [1.807, 2.05) is 0 Å². The summed E-state index contributed by atoms with van der Waals surface area (Å²) in [6.07, 6.45) is 1.27. The first-order chi connectivity index (χ1) is 9.24. The molecular formula is C14H16O4S. The van der Waals surface area contributed by atoms with Crippen LogP contribution in [0.25, 0.3) is 0 Å². The quantitative estimate of drug-likeness (QED) is 0.793. The maximum absolute atomic E-state index is 12.1. The van der Waals surface area contributed by atoms with Crippen LogP contribution in [0.5, 0.6) is 11.5 Å². The zero-order chi connectivity index (χ0) is 13.2. The summed E-state index contributed by atoms with van der Waals surface area (Å²) in [4.78, 5) is 12.1. The highest BCUT2D eigenvalue weighted by atomic mass is 32.2. The van der Waals surface area contributed by atoms with Gasteiger partial charge in [-0.2, -0.15) is 0 Å². The second-order valence-corrected chi connectivity index (χ2v) is 5.93. The Labute approximate surface area is 116 Å². The van der Waals surface area contributed by atoms with E-state index in [9.17, 15) is 4.79 Å². The van der Waals surface area contributed by atoms with Crippen molar-refractivity contribution >= 4 is 17.5 Å². The van der Waals surface area contributed by atoms with Crippen LogP contribution in [0.2, 0.25) is 0 Å². The first-order valence-corrected chi connectivity index (χ1v) is 7.45. The molecule has 1 fully saturated rings. The zero-order valence-corrected chi connectivity index (χ0v) is 11.6. The van der Waals surface area contributed by atoms with E-state index in [1.165, 1.54) is 0 Å². The minimum atomic E-state index is 0.127. The fourth-order valence-corrected chi connectivity index (χ4v) is 3.41. The van der Waals surface area contributed by atoms with Gasteiger partial charge in [-0.05, 0) is 31.5 Å². The molecule has 0 radical (unpaired) electrons. The topological polar surface area (TPSA) is 44.8 Å². The van der Waals surface area contributed by atoms with Crippen LogP contribution in [0, 0.1) is 0 Å². The van der Waals surface area contributed by atoms with Crippen LogP contribution in [0.3, 0.4) is 0 Å². The maximum atomic E-state index is 12.1. The van der Waals surface area contributed by atoms with Crippen LogP contribution in [0.1, 0.15) is 23.7 Å².